The van der Waals surface area contributed by atoms with Crippen molar-refractivity contribution in [3.05, 3.63) is 0 Å². The van der Waals surface area contributed by atoms with Crippen LogP contribution in [0.3, 0.4) is 0 Å². The number of amides is 1. The first-order chi connectivity index (χ1) is 10.4. The van der Waals surface area contributed by atoms with Gasteiger partial charge in [0.25, 0.3) is 0 Å². The van der Waals surface area contributed by atoms with Gasteiger partial charge in [-0.2, -0.15) is 0 Å². The third-order valence-corrected chi connectivity index (χ3v) is 4.50. The van der Waals surface area contributed by atoms with Gasteiger partial charge in [0, 0.05) is 12.3 Å². The van der Waals surface area contributed by atoms with Crippen LogP contribution in [0.15, 0.2) is 0 Å². The van der Waals surface area contributed by atoms with Crippen molar-refractivity contribution in [2.45, 2.75) is 59.7 Å². The highest BCUT2D eigenvalue weighted by atomic mass is 32.2. The summed E-state index contributed by atoms with van der Waals surface area (Å²) in [6.07, 6.45) is -0.381. The highest BCUT2D eigenvalue weighted by Gasteiger charge is 2.36. The minimum Gasteiger partial charge on any atom is -0.481 e. The number of carboxylic acid groups (broad SMARTS) is 1. The van der Waals surface area contributed by atoms with Crippen molar-refractivity contribution in [3.8, 4) is 0 Å². The van der Waals surface area contributed by atoms with Gasteiger partial charge in [0.15, 0.2) is 0 Å². The van der Waals surface area contributed by atoms with Crippen molar-refractivity contribution in [2.24, 2.45) is 11.3 Å². The summed E-state index contributed by atoms with van der Waals surface area (Å²) in [5.74, 6) is -0.739. The molecule has 0 radical (unpaired) electrons. The fourth-order valence-corrected chi connectivity index (χ4v) is 2.84. The highest BCUT2D eigenvalue weighted by Crippen LogP contribution is 2.27. The summed E-state index contributed by atoms with van der Waals surface area (Å²) in [6, 6.07) is 0. The Bertz CT molecular complexity index is 427. The molecule has 6 nitrogen and oxygen atoms in total. The summed E-state index contributed by atoms with van der Waals surface area (Å²) in [6.45, 7) is 12.2. The molecule has 1 saturated heterocycles. The Kier molecular flexibility index (Phi) is 6.77. The first kappa shape index (κ1) is 20.1. The Morgan fingerprint density at radius 1 is 1.17 bits per heavy atom. The van der Waals surface area contributed by atoms with Gasteiger partial charge < -0.3 is 18.9 Å². The van der Waals surface area contributed by atoms with E-state index < -0.39 is 23.6 Å². The monoisotopic (exact) mass is 347 g/mol. The molecule has 0 aromatic carbocycles. The van der Waals surface area contributed by atoms with E-state index in [0.717, 1.165) is 5.75 Å². The fraction of sp³-hybridized carbons (Fsp3) is 0.875. The van der Waals surface area contributed by atoms with E-state index in [2.05, 4.69) is 20.8 Å². The Morgan fingerprint density at radius 3 is 2.26 bits per heavy atom. The van der Waals surface area contributed by atoms with Crippen LogP contribution in [0, 0.1) is 11.3 Å². The summed E-state index contributed by atoms with van der Waals surface area (Å²) in [5, 5.41) is 9.30. The first-order valence-electron chi connectivity index (χ1n) is 7.86. The molecule has 0 saturated carbocycles. The van der Waals surface area contributed by atoms with E-state index in [9.17, 15) is 14.7 Å². The molecule has 1 aliphatic heterocycles. The number of likely N-dealkylation sites (tertiary alicyclic amines) is 1. The standard InChI is InChI=1S/C16H29NO5S/c1-15(2,3)10-23-22-12-7-11(13(18)19)8-17(9-12)14(20)21-16(4,5)6/h11-12H,7-10H2,1-6H3,(H,18,19). The van der Waals surface area contributed by atoms with Crippen molar-refractivity contribution in [2.75, 3.05) is 18.8 Å². The molecule has 1 amide bonds. The van der Waals surface area contributed by atoms with Crippen molar-refractivity contribution < 1.29 is 23.6 Å². The molecule has 134 valence electrons. The molecule has 0 bridgehead atoms. The van der Waals surface area contributed by atoms with E-state index in [1.165, 1.54) is 16.9 Å². The van der Waals surface area contributed by atoms with Gasteiger partial charge in [0.05, 0.1) is 18.6 Å². The number of hydrogen-bond donors (Lipinski definition) is 1. The van der Waals surface area contributed by atoms with Gasteiger partial charge in [-0.25, -0.2) is 4.79 Å². The molecule has 0 aliphatic carbocycles. The zero-order chi connectivity index (χ0) is 17.8. The van der Waals surface area contributed by atoms with Gasteiger partial charge >= 0.3 is 12.1 Å². The van der Waals surface area contributed by atoms with Crippen molar-refractivity contribution in [1.82, 2.24) is 4.90 Å². The van der Waals surface area contributed by atoms with Crippen molar-refractivity contribution in [3.63, 3.8) is 0 Å². The molecule has 0 spiro atoms. The number of aliphatic carboxylic acids is 1. The lowest BCUT2D eigenvalue weighted by molar-refractivity contribution is -0.144. The molecular formula is C16H29NO5S. The van der Waals surface area contributed by atoms with Crippen molar-refractivity contribution in [1.29, 1.82) is 0 Å². The maximum Gasteiger partial charge on any atom is 0.410 e. The third kappa shape index (κ3) is 7.92. The number of rotatable bonds is 4. The Labute approximate surface area is 143 Å². The molecule has 1 heterocycles. The Balaban J connectivity index is 2.65. The number of carboxylic acids is 1. The summed E-state index contributed by atoms with van der Waals surface area (Å²) < 4.78 is 11.1. The lowest BCUT2D eigenvalue weighted by Crippen LogP contribution is -2.50. The predicted octanol–water partition coefficient (Wildman–Crippen LogP) is 3.41. The quantitative estimate of drug-likeness (QED) is 0.786. The van der Waals surface area contributed by atoms with E-state index in [4.69, 9.17) is 8.92 Å². The number of carbonyl (C=O) groups is 2. The van der Waals surface area contributed by atoms with Crippen LogP contribution in [0.2, 0.25) is 0 Å². The number of carbonyl (C=O) groups excluding carboxylic acids is 1. The summed E-state index contributed by atoms with van der Waals surface area (Å²) >= 11 is 1.34. The van der Waals surface area contributed by atoms with Crippen LogP contribution >= 0.6 is 12.0 Å². The minimum atomic E-state index is -0.910. The van der Waals surface area contributed by atoms with Gasteiger partial charge in [0.1, 0.15) is 5.60 Å². The van der Waals surface area contributed by atoms with Crippen LogP contribution < -0.4 is 0 Å². The van der Waals surface area contributed by atoms with Crippen LogP contribution in [0.4, 0.5) is 4.79 Å². The molecule has 0 aromatic rings. The predicted molar refractivity (Wildman–Crippen MR) is 90.3 cm³/mol. The molecule has 23 heavy (non-hydrogen) atoms. The van der Waals surface area contributed by atoms with E-state index in [1.807, 2.05) is 0 Å². The summed E-state index contributed by atoms with van der Waals surface area (Å²) in [5.41, 5.74) is -0.485. The lowest BCUT2D eigenvalue weighted by atomic mass is 9.96. The smallest absolute Gasteiger partial charge is 0.410 e. The topological polar surface area (TPSA) is 76.1 Å². The molecular weight excluding hydrogens is 318 g/mol. The van der Waals surface area contributed by atoms with Crippen molar-refractivity contribution >= 4 is 24.1 Å². The highest BCUT2D eigenvalue weighted by molar-refractivity contribution is 7.94. The second-order valence-electron chi connectivity index (χ2n) is 8.20. The van der Waals surface area contributed by atoms with Crippen LogP contribution in [0.5, 0.6) is 0 Å². The van der Waals surface area contributed by atoms with E-state index in [1.54, 1.807) is 20.8 Å². The Hall–Kier alpha value is -0.950. The van der Waals surface area contributed by atoms with Gasteiger partial charge in [-0.1, -0.05) is 20.8 Å². The zero-order valence-electron chi connectivity index (χ0n) is 14.9. The molecule has 1 rings (SSSR count). The lowest BCUT2D eigenvalue weighted by Gasteiger charge is -2.36. The van der Waals surface area contributed by atoms with Crippen LogP contribution in [0.1, 0.15) is 48.0 Å². The van der Waals surface area contributed by atoms with Crippen LogP contribution in [-0.2, 0) is 13.7 Å². The number of ether oxygens (including phenoxy) is 1. The van der Waals surface area contributed by atoms with Gasteiger partial charge in [0.2, 0.25) is 0 Å². The number of nitrogens with zero attached hydrogens (tertiary/aromatic N) is 1. The zero-order valence-corrected chi connectivity index (χ0v) is 15.7. The normalized spacial score (nSPS) is 22.8. The summed E-state index contributed by atoms with van der Waals surface area (Å²) in [7, 11) is 0. The summed E-state index contributed by atoms with van der Waals surface area (Å²) in [4.78, 5) is 25.0. The average molecular weight is 347 g/mol. The maximum absolute atomic E-state index is 12.2. The molecule has 1 N–H and O–H groups in total. The second-order valence-corrected chi connectivity index (χ2v) is 8.91. The largest absolute Gasteiger partial charge is 0.481 e. The van der Waals surface area contributed by atoms with Gasteiger partial charge in [-0.3, -0.25) is 4.79 Å². The van der Waals surface area contributed by atoms with E-state index in [-0.39, 0.29) is 18.1 Å². The Morgan fingerprint density at radius 2 is 1.78 bits per heavy atom. The molecule has 1 aliphatic rings. The van der Waals surface area contributed by atoms with Crippen LogP contribution in [0.25, 0.3) is 0 Å². The molecule has 2 atom stereocenters. The molecule has 2 unspecified atom stereocenters. The van der Waals surface area contributed by atoms with Gasteiger partial charge in [-0.15, -0.1) is 0 Å². The van der Waals surface area contributed by atoms with E-state index >= 15 is 0 Å². The maximum atomic E-state index is 12.2. The van der Waals surface area contributed by atoms with E-state index in [0.29, 0.717) is 13.0 Å². The molecule has 7 heteroatoms. The second kappa shape index (κ2) is 7.75. The van der Waals surface area contributed by atoms with Crippen LogP contribution in [-0.4, -0.2) is 52.6 Å². The SMILES string of the molecule is CC(C)(C)CSOC1CC(C(=O)O)CN(C(=O)OC(C)(C)C)C1. The number of hydrogen-bond acceptors (Lipinski definition) is 5. The number of piperidine rings is 1. The fourth-order valence-electron chi connectivity index (χ4n) is 2.08. The minimum absolute atomic E-state index is 0.121. The average Bonchev–Trinajstić information content (AvgIpc) is 2.34. The molecule has 1 fully saturated rings. The third-order valence-electron chi connectivity index (χ3n) is 3.11. The van der Waals surface area contributed by atoms with Gasteiger partial charge in [-0.05, 0) is 44.6 Å². The molecule has 0 aromatic heterocycles. The first-order valence-corrected chi connectivity index (χ1v) is 8.77.